The molecule has 1 amide bonds. The number of benzene rings is 1. The summed E-state index contributed by atoms with van der Waals surface area (Å²) in [5.41, 5.74) is 0.443. The van der Waals surface area contributed by atoms with Crippen LogP contribution in [0.25, 0.3) is 0 Å². The minimum Gasteiger partial charge on any atom is -0.335 e. The smallest absolute Gasteiger partial charge is 0.254 e. The Bertz CT molecular complexity index is 420. The highest BCUT2D eigenvalue weighted by Crippen LogP contribution is 2.10. The van der Waals surface area contributed by atoms with Gasteiger partial charge in [0.1, 0.15) is 5.82 Å². The zero-order valence-corrected chi connectivity index (χ0v) is 9.98. The molecule has 0 unspecified atom stereocenters. The van der Waals surface area contributed by atoms with E-state index in [2.05, 4.69) is 0 Å². The minimum atomic E-state index is -0.366. The molecule has 3 nitrogen and oxygen atoms in total. The first kappa shape index (κ1) is 13.2. The maximum Gasteiger partial charge on any atom is 0.254 e. The van der Waals surface area contributed by atoms with Gasteiger partial charge in [-0.3, -0.25) is 4.79 Å². The second-order valence-corrected chi connectivity index (χ2v) is 4.01. The van der Waals surface area contributed by atoms with Crippen LogP contribution in [0, 0.1) is 17.1 Å². The van der Waals surface area contributed by atoms with Crippen molar-refractivity contribution in [2.75, 3.05) is 6.54 Å². The van der Waals surface area contributed by atoms with Crippen LogP contribution < -0.4 is 0 Å². The molecule has 0 heterocycles. The van der Waals surface area contributed by atoms with E-state index in [1.165, 1.54) is 24.3 Å². The topological polar surface area (TPSA) is 44.1 Å². The van der Waals surface area contributed by atoms with Gasteiger partial charge in [0.2, 0.25) is 0 Å². The molecule has 90 valence electrons. The Labute approximate surface area is 100 Å². The summed E-state index contributed by atoms with van der Waals surface area (Å²) in [7, 11) is 0. The molecule has 0 saturated heterocycles. The molecule has 0 fully saturated rings. The maximum atomic E-state index is 12.7. The summed E-state index contributed by atoms with van der Waals surface area (Å²) in [6.45, 7) is 4.17. The molecular formula is C13H15FN2O. The van der Waals surface area contributed by atoms with Crippen LogP contribution in [0.1, 0.15) is 30.6 Å². The van der Waals surface area contributed by atoms with Crippen molar-refractivity contribution in [2.24, 2.45) is 0 Å². The van der Waals surface area contributed by atoms with Crippen LogP contribution in [0.5, 0.6) is 0 Å². The Balaban J connectivity index is 2.84. The van der Waals surface area contributed by atoms with Gasteiger partial charge in [-0.15, -0.1) is 0 Å². The lowest BCUT2D eigenvalue weighted by Gasteiger charge is -2.25. The SMILES string of the molecule is CC(C)N(CCC#N)C(=O)c1ccc(F)cc1. The van der Waals surface area contributed by atoms with Crippen LogP contribution in [0.2, 0.25) is 0 Å². The highest BCUT2D eigenvalue weighted by molar-refractivity contribution is 5.94. The van der Waals surface area contributed by atoms with E-state index in [0.717, 1.165) is 0 Å². The first-order valence-electron chi connectivity index (χ1n) is 5.49. The van der Waals surface area contributed by atoms with Crippen molar-refractivity contribution in [3.05, 3.63) is 35.6 Å². The molecular weight excluding hydrogens is 219 g/mol. The van der Waals surface area contributed by atoms with Gasteiger partial charge in [0.25, 0.3) is 5.91 Å². The minimum absolute atomic E-state index is 0.0147. The van der Waals surface area contributed by atoms with E-state index >= 15 is 0 Å². The fourth-order valence-electron chi connectivity index (χ4n) is 1.52. The molecule has 17 heavy (non-hydrogen) atoms. The molecule has 0 atom stereocenters. The largest absolute Gasteiger partial charge is 0.335 e. The normalized spacial score (nSPS) is 10.1. The summed E-state index contributed by atoms with van der Waals surface area (Å²) in [6.07, 6.45) is 0.297. The number of rotatable bonds is 4. The van der Waals surface area contributed by atoms with Crippen LogP contribution in [-0.4, -0.2) is 23.4 Å². The Hall–Kier alpha value is -1.89. The lowest BCUT2D eigenvalue weighted by Crippen LogP contribution is -2.37. The lowest BCUT2D eigenvalue weighted by molar-refractivity contribution is 0.0710. The van der Waals surface area contributed by atoms with Gasteiger partial charge < -0.3 is 4.90 Å². The van der Waals surface area contributed by atoms with Gasteiger partial charge in [0.15, 0.2) is 0 Å². The number of hydrogen-bond acceptors (Lipinski definition) is 2. The van der Waals surface area contributed by atoms with Crippen molar-refractivity contribution in [1.82, 2.24) is 4.90 Å². The van der Waals surface area contributed by atoms with Crippen molar-refractivity contribution < 1.29 is 9.18 Å². The predicted octanol–water partition coefficient (Wildman–Crippen LogP) is 2.59. The van der Waals surface area contributed by atoms with Gasteiger partial charge in [-0.25, -0.2) is 4.39 Å². The van der Waals surface area contributed by atoms with Crippen molar-refractivity contribution in [3.63, 3.8) is 0 Å². The Morgan fingerprint density at radius 3 is 2.47 bits per heavy atom. The molecule has 0 spiro atoms. The molecule has 0 aromatic heterocycles. The third-order valence-corrected chi connectivity index (χ3v) is 2.44. The molecule has 1 aromatic rings. The molecule has 0 N–H and O–H groups in total. The quantitative estimate of drug-likeness (QED) is 0.803. The van der Waals surface area contributed by atoms with Crippen molar-refractivity contribution in [2.45, 2.75) is 26.3 Å². The summed E-state index contributed by atoms with van der Waals surface area (Å²) in [6, 6.07) is 7.46. The van der Waals surface area contributed by atoms with Gasteiger partial charge in [0, 0.05) is 18.2 Å². The molecule has 0 aliphatic rings. The Morgan fingerprint density at radius 2 is 2.00 bits per heavy atom. The van der Waals surface area contributed by atoms with Gasteiger partial charge in [-0.2, -0.15) is 5.26 Å². The van der Waals surface area contributed by atoms with Gasteiger partial charge >= 0.3 is 0 Å². The predicted molar refractivity (Wildman–Crippen MR) is 62.8 cm³/mol. The van der Waals surface area contributed by atoms with Crippen LogP contribution >= 0.6 is 0 Å². The lowest BCUT2D eigenvalue weighted by atomic mass is 10.1. The molecule has 0 aliphatic heterocycles. The molecule has 0 saturated carbocycles. The van der Waals surface area contributed by atoms with Gasteiger partial charge in [-0.1, -0.05) is 0 Å². The molecule has 1 rings (SSSR count). The molecule has 1 aromatic carbocycles. The van der Waals surface area contributed by atoms with Gasteiger partial charge in [0.05, 0.1) is 12.5 Å². The van der Waals surface area contributed by atoms with E-state index in [4.69, 9.17) is 5.26 Å². The molecule has 4 heteroatoms. The number of nitrogens with zero attached hydrogens (tertiary/aromatic N) is 2. The average Bonchev–Trinajstić information content (AvgIpc) is 2.29. The summed E-state index contributed by atoms with van der Waals surface area (Å²) >= 11 is 0. The third kappa shape index (κ3) is 3.56. The molecule has 0 radical (unpaired) electrons. The van der Waals surface area contributed by atoms with Crippen molar-refractivity contribution in [1.29, 1.82) is 5.26 Å². The highest BCUT2D eigenvalue weighted by Gasteiger charge is 2.18. The fourth-order valence-corrected chi connectivity index (χ4v) is 1.52. The fraction of sp³-hybridized carbons (Fsp3) is 0.385. The second kappa shape index (κ2) is 6.00. The Kier molecular flexibility index (Phi) is 4.65. The van der Waals surface area contributed by atoms with Crippen LogP contribution in [0.3, 0.4) is 0 Å². The number of halogens is 1. The number of carbonyl (C=O) groups is 1. The number of hydrogen-bond donors (Lipinski definition) is 0. The monoisotopic (exact) mass is 234 g/mol. The van der Waals surface area contributed by atoms with Crippen molar-refractivity contribution in [3.8, 4) is 6.07 Å². The highest BCUT2D eigenvalue weighted by atomic mass is 19.1. The van der Waals surface area contributed by atoms with Gasteiger partial charge in [-0.05, 0) is 38.1 Å². The number of nitriles is 1. The standard InChI is InChI=1S/C13H15FN2O/c1-10(2)16(9-3-8-15)13(17)11-4-6-12(14)7-5-11/h4-7,10H,3,9H2,1-2H3. The maximum absolute atomic E-state index is 12.7. The van der Waals surface area contributed by atoms with E-state index in [-0.39, 0.29) is 17.8 Å². The van der Waals surface area contributed by atoms with E-state index in [0.29, 0.717) is 18.5 Å². The van der Waals surface area contributed by atoms with E-state index < -0.39 is 0 Å². The summed E-state index contributed by atoms with van der Waals surface area (Å²) < 4.78 is 12.7. The summed E-state index contributed by atoms with van der Waals surface area (Å²) in [5.74, 6) is -0.537. The molecule has 0 bridgehead atoms. The number of carbonyl (C=O) groups excluding carboxylic acids is 1. The number of amides is 1. The van der Waals surface area contributed by atoms with Crippen LogP contribution in [-0.2, 0) is 0 Å². The van der Waals surface area contributed by atoms with E-state index in [9.17, 15) is 9.18 Å². The van der Waals surface area contributed by atoms with E-state index in [1.54, 1.807) is 4.90 Å². The van der Waals surface area contributed by atoms with Crippen LogP contribution in [0.15, 0.2) is 24.3 Å². The first-order valence-corrected chi connectivity index (χ1v) is 5.49. The Morgan fingerprint density at radius 1 is 1.41 bits per heavy atom. The zero-order chi connectivity index (χ0) is 12.8. The second-order valence-electron chi connectivity index (χ2n) is 4.01. The molecule has 0 aliphatic carbocycles. The summed E-state index contributed by atoms with van der Waals surface area (Å²) in [5, 5.41) is 8.55. The summed E-state index contributed by atoms with van der Waals surface area (Å²) in [4.78, 5) is 13.7. The average molecular weight is 234 g/mol. The third-order valence-electron chi connectivity index (χ3n) is 2.44. The zero-order valence-electron chi connectivity index (χ0n) is 9.98. The van der Waals surface area contributed by atoms with Crippen molar-refractivity contribution >= 4 is 5.91 Å². The first-order chi connectivity index (χ1) is 8.06. The van der Waals surface area contributed by atoms with E-state index in [1.807, 2.05) is 19.9 Å². The van der Waals surface area contributed by atoms with Crippen LogP contribution in [0.4, 0.5) is 4.39 Å².